The summed E-state index contributed by atoms with van der Waals surface area (Å²) in [7, 11) is 0. The maximum atomic E-state index is 13.2. The smallest absolute Gasteiger partial charge is 0.265 e. The lowest BCUT2D eigenvalue weighted by molar-refractivity contribution is 0.0661. The average Bonchev–Trinajstić information content (AvgIpc) is 3.40. The number of nitrogens with one attached hydrogen (secondary N) is 1. The molecule has 1 aliphatic carbocycles. The molecular formula is C22H26N2O2S. The lowest BCUT2D eigenvalue weighted by atomic mass is 9.83. The van der Waals surface area contributed by atoms with E-state index >= 15 is 0 Å². The molecule has 2 fully saturated rings. The molecule has 4 nitrogen and oxygen atoms in total. The molecule has 2 aromatic rings. The number of benzene rings is 1. The van der Waals surface area contributed by atoms with Crippen molar-refractivity contribution in [2.75, 3.05) is 11.9 Å². The van der Waals surface area contributed by atoms with Crippen molar-refractivity contribution in [2.24, 2.45) is 5.92 Å². The molecule has 4 rings (SSSR count). The summed E-state index contributed by atoms with van der Waals surface area (Å²) in [6.45, 7) is 0.853. The van der Waals surface area contributed by atoms with Crippen molar-refractivity contribution in [3.05, 3.63) is 52.2 Å². The van der Waals surface area contributed by atoms with E-state index in [1.165, 1.54) is 43.4 Å². The van der Waals surface area contributed by atoms with Crippen LogP contribution in [-0.2, 0) is 0 Å². The summed E-state index contributed by atoms with van der Waals surface area (Å²) < 4.78 is 0. The van der Waals surface area contributed by atoms with Crippen LogP contribution in [0.15, 0.2) is 41.8 Å². The van der Waals surface area contributed by atoms with Crippen LogP contribution in [0, 0.1) is 5.92 Å². The third kappa shape index (κ3) is 4.08. The highest BCUT2D eigenvalue weighted by Gasteiger charge is 2.35. The zero-order valence-electron chi connectivity index (χ0n) is 15.5. The number of amides is 2. The predicted molar refractivity (Wildman–Crippen MR) is 109 cm³/mol. The topological polar surface area (TPSA) is 49.4 Å². The average molecular weight is 383 g/mol. The molecule has 2 heterocycles. The van der Waals surface area contributed by atoms with Gasteiger partial charge in [-0.2, -0.15) is 0 Å². The SMILES string of the molecule is O=C(Nc1cccc(C(=O)N2CCC[C@H]2C2CCCCC2)c1)c1cccs1. The summed E-state index contributed by atoms with van der Waals surface area (Å²) in [5, 5.41) is 4.79. The fourth-order valence-corrected chi connectivity index (χ4v) is 5.17. The van der Waals surface area contributed by atoms with Gasteiger partial charge in [-0.3, -0.25) is 9.59 Å². The van der Waals surface area contributed by atoms with E-state index in [1.807, 2.05) is 35.7 Å². The Hall–Kier alpha value is -2.14. The van der Waals surface area contributed by atoms with Crippen LogP contribution >= 0.6 is 11.3 Å². The Morgan fingerprint density at radius 3 is 2.63 bits per heavy atom. The van der Waals surface area contributed by atoms with Gasteiger partial charge in [0.05, 0.1) is 4.88 Å². The van der Waals surface area contributed by atoms with Crippen LogP contribution in [0.1, 0.15) is 65.0 Å². The first-order chi connectivity index (χ1) is 13.2. The highest BCUT2D eigenvalue weighted by Crippen LogP contribution is 2.35. The van der Waals surface area contributed by atoms with Crippen LogP contribution in [0.4, 0.5) is 5.69 Å². The standard InChI is InChI=1S/C22H26N2O2S/c25-21(20-12-6-14-27-20)23-18-10-4-9-17(15-18)22(26)24-13-5-11-19(24)16-7-2-1-3-8-16/h4,6,9-10,12,14-16,19H,1-3,5,7-8,11,13H2,(H,23,25)/t19-/m0/s1. The Bertz CT molecular complexity index is 796. The van der Waals surface area contributed by atoms with Gasteiger partial charge in [-0.05, 0) is 61.2 Å². The molecule has 1 aliphatic heterocycles. The first-order valence-electron chi connectivity index (χ1n) is 9.98. The Labute approximate surface area is 164 Å². The number of rotatable bonds is 4. The van der Waals surface area contributed by atoms with Gasteiger partial charge in [-0.25, -0.2) is 0 Å². The second-order valence-corrected chi connectivity index (χ2v) is 8.57. The summed E-state index contributed by atoms with van der Waals surface area (Å²) >= 11 is 1.41. The van der Waals surface area contributed by atoms with Crippen molar-refractivity contribution in [3.8, 4) is 0 Å². The number of anilines is 1. The van der Waals surface area contributed by atoms with Crippen molar-refractivity contribution < 1.29 is 9.59 Å². The van der Waals surface area contributed by atoms with Gasteiger partial charge in [0, 0.05) is 23.8 Å². The van der Waals surface area contributed by atoms with Crippen molar-refractivity contribution >= 4 is 28.8 Å². The second kappa shape index (κ2) is 8.26. The molecule has 5 heteroatoms. The molecule has 2 amide bonds. The van der Waals surface area contributed by atoms with Crippen molar-refractivity contribution in [3.63, 3.8) is 0 Å². The van der Waals surface area contributed by atoms with Gasteiger partial charge in [0.1, 0.15) is 0 Å². The maximum absolute atomic E-state index is 13.2. The first-order valence-corrected chi connectivity index (χ1v) is 10.9. The summed E-state index contributed by atoms with van der Waals surface area (Å²) in [6, 6.07) is 11.4. The van der Waals surface area contributed by atoms with Gasteiger partial charge in [-0.15, -0.1) is 11.3 Å². The molecule has 0 radical (unpaired) electrons. The molecule has 1 N–H and O–H groups in total. The molecule has 1 aromatic carbocycles. The fraction of sp³-hybridized carbons (Fsp3) is 0.455. The van der Waals surface area contributed by atoms with E-state index < -0.39 is 0 Å². The van der Waals surface area contributed by atoms with E-state index in [0.717, 1.165) is 19.4 Å². The van der Waals surface area contributed by atoms with Gasteiger partial charge in [0.2, 0.25) is 0 Å². The molecule has 1 saturated carbocycles. The lowest BCUT2D eigenvalue weighted by Crippen LogP contribution is -2.40. The third-order valence-electron chi connectivity index (χ3n) is 5.87. The molecule has 0 bridgehead atoms. The number of hydrogen-bond acceptors (Lipinski definition) is 3. The highest BCUT2D eigenvalue weighted by molar-refractivity contribution is 7.12. The second-order valence-electron chi connectivity index (χ2n) is 7.62. The lowest BCUT2D eigenvalue weighted by Gasteiger charge is -2.34. The molecule has 1 atom stereocenters. The quantitative estimate of drug-likeness (QED) is 0.791. The molecule has 1 saturated heterocycles. The van der Waals surface area contributed by atoms with Crippen LogP contribution in [-0.4, -0.2) is 29.3 Å². The minimum Gasteiger partial charge on any atom is -0.335 e. The van der Waals surface area contributed by atoms with E-state index in [0.29, 0.717) is 28.1 Å². The van der Waals surface area contributed by atoms with E-state index in [9.17, 15) is 9.59 Å². The third-order valence-corrected chi connectivity index (χ3v) is 6.74. The largest absolute Gasteiger partial charge is 0.335 e. The molecule has 1 aromatic heterocycles. The predicted octanol–water partition coefficient (Wildman–Crippen LogP) is 5.19. The molecule has 0 unspecified atom stereocenters. The zero-order valence-corrected chi connectivity index (χ0v) is 16.3. The number of likely N-dealkylation sites (tertiary alicyclic amines) is 1. The van der Waals surface area contributed by atoms with E-state index in [2.05, 4.69) is 10.2 Å². The number of thiophene rings is 1. The van der Waals surface area contributed by atoms with Crippen molar-refractivity contribution in [1.29, 1.82) is 0 Å². The molecule has 2 aliphatic rings. The van der Waals surface area contributed by atoms with Gasteiger partial charge >= 0.3 is 0 Å². The van der Waals surface area contributed by atoms with Crippen LogP contribution in [0.25, 0.3) is 0 Å². The maximum Gasteiger partial charge on any atom is 0.265 e. The van der Waals surface area contributed by atoms with Gasteiger partial charge in [-0.1, -0.05) is 31.4 Å². The van der Waals surface area contributed by atoms with Crippen molar-refractivity contribution in [2.45, 2.75) is 51.0 Å². The summed E-state index contributed by atoms with van der Waals surface area (Å²) in [5.41, 5.74) is 1.34. The summed E-state index contributed by atoms with van der Waals surface area (Å²) in [4.78, 5) is 28.2. The number of hydrogen-bond donors (Lipinski definition) is 1. The number of nitrogens with zero attached hydrogens (tertiary/aromatic N) is 1. The molecule has 142 valence electrons. The Morgan fingerprint density at radius 2 is 1.85 bits per heavy atom. The van der Waals surface area contributed by atoms with E-state index in [-0.39, 0.29) is 11.8 Å². The fourth-order valence-electron chi connectivity index (χ4n) is 4.55. The molecule has 27 heavy (non-hydrogen) atoms. The Balaban J connectivity index is 1.47. The van der Waals surface area contributed by atoms with Crippen LogP contribution < -0.4 is 5.32 Å². The van der Waals surface area contributed by atoms with Gasteiger partial charge in [0.25, 0.3) is 11.8 Å². The van der Waals surface area contributed by atoms with Crippen LogP contribution in [0.5, 0.6) is 0 Å². The molecular weight excluding hydrogens is 356 g/mol. The van der Waals surface area contributed by atoms with E-state index in [1.54, 1.807) is 6.07 Å². The zero-order chi connectivity index (χ0) is 18.6. The Morgan fingerprint density at radius 1 is 1.00 bits per heavy atom. The van der Waals surface area contributed by atoms with Crippen LogP contribution in [0.2, 0.25) is 0 Å². The minimum atomic E-state index is -0.129. The Kier molecular flexibility index (Phi) is 5.58. The number of carbonyl (C=O) groups excluding carboxylic acids is 2. The van der Waals surface area contributed by atoms with Gasteiger partial charge < -0.3 is 10.2 Å². The minimum absolute atomic E-state index is 0.107. The normalized spacial score (nSPS) is 20.6. The van der Waals surface area contributed by atoms with Crippen LogP contribution in [0.3, 0.4) is 0 Å². The monoisotopic (exact) mass is 382 g/mol. The van der Waals surface area contributed by atoms with E-state index in [4.69, 9.17) is 0 Å². The van der Waals surface area contributed by atoms with Gasteiger partial charge in [0.15, 0.2) is 0 Å². The summed E-state index contributed by atoms with van der Waals surface area (Å²) in [6.07, 6.45) is 8.67. The number of carbonyl (C=O) groups is 2. The van der Waals surface area contributed by atoms with Crippen molar-refractivity contribution in [1.82, 2.24) is 4.90 Å². The first kappa shape index (κ1) is 18.2. The highest BCUT2D eigenvalue weighted by atomic mass is 32.1. The molecule has 0 spiro atoms. The summed E-state index contributed by atoms with van der Waals surface area (Å²) in [5.74, 6) is 0.637.